The van der Waals surface area contributed by atoms with Crippen LogP contribution < -0.4 is 0 Å². The number of cyclic esters (lactones) is 1. The molecule has 0 saturated carbocycles. The van der Waals surface area contributed by atoms with Crippen LogP contribution in [0.25, 0.3) is 0 Å². The van der Waals surface area contributed by atoms with E-state index in [4.69, 9.17) is 4.74 Å². The maximum atomic E-state index is 11.3. The Morgan fingerprint density at radius 3 is 2.86 bits per heavy atom. The van der Waals surface area contributed by atoms with Crippen molar-refractivity contribution in [3.8, 4) is 0 Å². The van der Waals surface area contributed by atoms with E-state index in [0.29, 0.717) is 12.5 Å². The molecule has 0 N–H and O–H groups in total. The van der Waals surface area contributed by atoms with Gasteiger partial charge in [-0.05, 0) is 12.3 Å². The summed E-state index contributed by atoms with van der Waals surface area (Å²) in [5.41, 5.74) is 0. The van der Waals surface area contributed by atoms with Gasteiger partial charge in [0.05, 0.1) is 6.61 Å². The number of carbonyl (C=O) groups excluding carboxylic acids is 2. The third-order valence-electron chi connectivity index (χ3n) is 2.27. The molecule has 1 fully saturated rings. The summed E-state index contributed by atoms with van der Waals surface area (Å²) in [6, 6.07) is 0. The second kappa shape index (κ2) is 4.95. The number of halogens is 1. The molecule has 1 aliphatic rings. The number of hydrogen-bond donors (Lipinski definition) is 0. The molecule has 2 atom stereocenters. The standard InChI is InChI=1S/C9H13IO4/c1-5(2)3-6-4-13-8(11)7(6)9(12)14-10/h5-7H,3-4H2,1-2H3/t6-,7?/m1/s1. The Labute approximate surface area is 97.0 Å². The molecule has 0 aromatic heterocycles. The van der Waals surface area contributed by atoms with Crippen molar-refractivity contribution in [2.45, 2.75) is 20.3 Å². The monoisotopic (exact) mass is 312 g/mol. The molecular formula is C9H13IO4. The summed E-state index contributed by atoms with van der Waals surface area (Å²) in [7, 11) is 0. The van der Waals surface area contributed by atoms with E-state index in [1.54, 1.807) is 0 Å². The summed E-state index contributed by atoms with van der Waals surface area (Å²) in [4.78, 5) is 22.5. The first kappa shape index (κ1) is 11.7. The average Bonchev–Trinajstić information content (AvgIpc) is 2.45. The minimum atomic E-state index is -0.714. The van der Waals surface area contributed by atoms with Gasteiger partial charge >= 0.3 is 11.9 Å². The Morgan fingerprint density at radius 2 is 2.36 bits per heavy atom. The van der Waals surface area contributed by atoms with Gasteiger partial charge in [-0.2, -0.15) is 0 Å². The lowest BCUT2D eigenvalue weighted by Crippen LogP contribution is -2.26. The van der Waals surface area contributed by atoms with Gasteiger partial charge in [-0.3, -0.25) is 9.59 Å². The zero-order valence-corrected chi connectivity index (χ0v) is 10.3. The van der Waals surface area contributed by atoms with Gasteiger partial charge in [0.15, 0.2) is 28.9 Å². The second-order valence-electron chi connectivity index (χ2n) is 3.89. The van der Waals surface area contributed by atoms with E-state index >= 15 is 0 Å². The zero-order valence-electron chi connectivity index (χ0n) is 8.16. The van der Waals surface area contributed by atoms with E-state index in [1.807, 2.05) is 0 Å². The van der Waals surface area contributed by atoms with Crippen LogP contribution in [-0.4, -0.2) is 18.5 Å². The maximum absolute atomic E-state index is 11.3. The SMILES string of the molecule is CC(C)C[C@@H]1COC(=O)C1C(=O)OI. The van der Waals surface area contributed by atoms with Crippen molar-refractivity contribution in [2.75, 3.05) is 6.61 Å². The van der Waals surface area contributed by atoms with Crippen LogP contribution in [0, 0.1) is 17.8 Å². The van der Waals surface area contributed by atoms with E-state index < -0.39 is 17.9 Å². The molecule has 1 unspecified atom stereocenters. The quantitative estimate of drug-likeness (QED) is 0.452. The molecule has 14 heavy (non-hydrogen) atoms. The normalized spacial score (nSPS) is 26.4. The molecule has 5 heteroatoms. The Balaban J connectivity index is 2.66. The van der Waals surface area contributed by atoms with Crippen molar-refractivity contribution in [3.05, 3.63) is 0 Å². The summed E-state index contributed by atoms with van der Waals surface area (Å²) >= 11 is 1.50. The number of esters is 1. The largest absolute Gasteiger partial charge is 0.465 e. The van der Waals surface area contributed by atoms with Crippen LogP contribution in [0.1, 0.15) is 20.3 Å². The van der Waals surface area contributed by atoms with E-state index in [0.717, 1.165) is 6.42 Å². The Bertz CT molecular complexity index is 239. The van der Waals surface area contributed by atoms with Gasteiger partial charge < -0.3 is 7.80 Å². The number of rotatable bonds is 3. The molecule has 1 heterocycles. The highest BCUT2D eigenvalue weighted by Crippen LogP contribution is 2.29. The van der Waals surface area contributed by atoms with Crippen LogP contribution in [0.5, 0.6) is 0 Å². The van der Waals surface area contributed by atoms with Crippen molar-refractivity contribution in [2.24, 2.45) is 17.8 Å². The molecule has 80 valence electrons. The van der Waals surface area contributed by atoms with Gasteiger partial charge in [-0.25, -0.2) is 0 Å². The van der Waals surface area contributed by atoms with Gasteiger partial charge in [0.1, 0.15) is 0 Å². The third-order valence-corrected chi connectivity index (χ3v) is 2.70. The Morgan fingerprint density at radius 1 is 1.71 bits per heavy atom. The molecule has 1 aliphatic heterocycles. The highest BCUT2D eigenvalue weighted by molar-refractivity contribution is 14.1. The van der Waals surface area contributed by atoms with Crippen LogP contribution in [0.2, 0.25) is 0 Å². The minimum Gasteiger partial charge on any atom is -0.465 e. The van der Waals surface area contributed by atoms with Gasteiger partial charge in [-0.1, -0.05) is 13.8 Å². The van der Waals surface area contributed by atoms with Crippen LogP contribution >= 0.6 is 23.0 Å². The summed E-state index contributed by atoms with van der Waals surface area (Å²) in [5, 5.41) is 0. The average molecular weight is 312 g/mol. The third kappa shape index (κ3) is 2.59. The first-order valence-corrected chi connectivity index (χ1v) is 5.43. The molecule has 0 radical (unpaired) electrons. The molecule has 0 bridgehead atoms. The molecule has 0 aromatic carbocycles. The van der Waals surface area contributed by atoms with Crippen LogP contribution in [-0.2, 0) is 17.4 Å². The fraction of sp³-hybridized carbons (Fsp3) is 0.778. The van der Waals surface area contributed by atoms with E-state index in [-0.39, 0.29) is 5.92 Å². The molecule has 1 rings (SSSR count). The second-order valence-corrected chi connectivity index (χ2v) is 4.33. The summed E-state index contributed by atoms with van der Waals surface area (Å²) in [6.07, 6.45) is 0.808. The predicted molar refractivity (Wildman–Crippen MR) is 57.5 cm³/mol. The molecule has 0 aliphatic carbocycles. The lowest BCUT2D eigenvalue weighted by atomic mass is 9.88. The van der Waals surface area contributed by atoms with Gasteiger partial charge in [0, 0.05) is 5.92 Å². The molecule has 0 amide bonds. The zero-order chi connectivity index (χ0) is 10.7. The van der Waals surface area contributed by atoms with Crippen LogP contribution in [0.3, 0.4) is 0 Å². The van der Waals surface area contributed by atoms with Crippen LogP contribution in [0.4, 0.5) is 0 Å². The van der Waals surface area contributed by atoms with Crippen molar-refractivity contribution >= 4 is 34.9 Å². The summed E-state index contributed by atoms with van der Waals surface area (Å²) < 4.78 is 9.41. The van der Waals surface area contributed by atoms with Gasteiger partial charge in [0.25, 0.3) is 0 Å². The molecular weight excluding hydrogens is 299 g/mol. The van der Waals surface area contributed by atoms with Crippen molar-refractivity contribution in [3.63, 3.8) is 0 Å². The molecule has 4 nitrogen and oxygen atoms in total. The maximum Gasteiger partial charge on any atom is 0.330 e. The van der Waals surface area contributed by atoms with E-state index in [1.165, 1.54) is 23.0 Å². The Hall–Kier alpha value is -0.330. The number of ether oxygens (including phenoxy) is 1. The van der Waals surface area contributed by atoms with E-state index in [9.17, 15) is 9.59 Å². The van der Waals surface area contributed by atoms with E-state index in [2.05, 4.69) is 16.9 Å². The minimum absolute atomic E-state index is 0.0234. The fourth-order valence-corrected chi connectivity index (χ4v) is 1.99. The van der Waals surface area contributed by atoms with Gasteiger partial charge in [-0.15, -0.1) is 0 Å². The molecule has 0 aromatic rings. The first-order chi connectivity index (χ1) is 6.56. The topological polar surface area (TPSA) is 52.6 Å². The van der Waals surface area contributed by atoms with Gasteiger partial charge in [0.2, 0.25) is 0 Å². The van der Waals surface area contributed by atoms with Crippen molar-refractivity contribution in [1.82, 2.24) is 0 Å². The summed E-state index contributed by atoms with van der Waals surface area (Å²) in [6.45, 7) is 4.44. The fourth-order valence-electron chi connectivity index (χ4n) is 1.71. The molecule has 0 spiro atoms. The van der Waals surface area contributed by atoms with Crippen LogP contribution in [0.15, 0.2) is 0 Å². The van der Waals surface area contributed by atoms with Crippen molar-refractivity contribution < 1.29 is 17.4 Å². The van der Waals surface area contributed by atoms with Crippen molar-refractivity contribution in [1.29, 1.82) is 0 Å². The lowest BCUT2D eigenvalue weighted by Gasteiger charge is -2.14. The predicted octanol–water partition coefficient (Wildman–Crippen LogP) is 1.71. The lowest BCUT2D eigenvalue weighted by molar-refractivity contribution is -0.149. The highest BCUT2D eigenvalue weighted by atomic mass is 127. The smallest absolute Gasteiger partial charge is 0.330 e. The Kier molecular flexibility index (Phi) is 4.15. The number of carbonyl (C=O) groups is 2. The number of hydrogen-bond acceptors (Lipinski definition) is 4. The summed E-state index contributed by atoms with van der Waals surface area (Å²) in [5.74, 6) is -1.23. The highest BCUT2D eigenvalue weighted by Gasteiger charge is 2.43. The molecule has 1 saturated heterocycles. The first-order valence-electron chi connectivity index (χ1n) is 4.55.